The zero-order valence-corrected chi connectivity index (χ0v) is 10.3. The molecule has 2 aromatic rings. The van der Waals surface area contributed by atoms with Crippen LogP contribution in [0.2, 0.25) is 10.0 Å². The number of hydrogen-bond acceptors (Lipinski definition) is 2. The molecule has 0 saturated carbocycles. The Morgan fingerprint density at radius 1 is 0.941 bits per heavy atom. The van der Waals surface area contributed by atoms with Gasteiger partial charge in [0, 0.05) is 11.8 Å². The fraction of sp³-hybridized carbons (Fsp3) is 0. The predicted octanol–water partition coefficient (Wildman–Crippen LogP) is 4.45. The van der Waals surface area contributed by atoms with Gasteiger partial charge >= 0.3 is 0 Å². The van der Waals surface area contributed by atoms with Gasteiger partial charge in [-0.3, -0.25) is 4.99 Å². The number of hydrogen-bond donors (Lipinski definition) is 1. The van der Waals surface area contributed by atoms with Crippen LogP contribution in [0.25, 0.3) is 0 Å². The Morgan fingerprint density at radius 3 is 2.12 bits per heavy atom. The van der Waals surface area contributed by atoms with E-state index in [1.807, 2.05) is 0 Å². The zero-order chi connectivity index (χ0) is 12.3. The Balaban J connectivity index is 2.29. The minimum absolute atomic E-state index is 0.208. The SMILES string of the molecule is Oc1ccc(N=Cc2c(Cl)cccc2Cl)cc1. The molecule has 0 aliphatic heterocycles. The van der Waals surface area contributed by atoms with Crippen LogP contribution < -0.4 is 0 Å². The molecule has 2 nitrogen and oxygen atoms in total. The van der Waals surface area contributed by atoms with Crippen molar-refractivity contribution in [1.82, 2.24) is 0 Å². The Labute approximate surface area is 109 Å². The minimum atomic E-state index is 0.208. The van der Waals surface area contributed by atoms with Gasteiger partial charge in [0.05, 0.1) is 15.7 Å². The molecule has 0 heterocycles. The second kappa shape index (κ2) is 5.21. The smallest absolute Gasteiger partial charge is 0.115 e. The number of halogens is 2. The van der Waals surface area contributed by atoms with Crippen molar-refractivity contribution in [2.45, 2.75) is 0 Å². The predicted molar refractivity (Wildman–Crippen MR) is 71.8 cm³/mol. The van der Waals surface area contributed by atoms with Crippen molar-refractivity contribution in [2.75, 3.05) is 0 Å². The molecule has 0 atom stereocenters. The largest absolute Gasteiger partial charge is 0.508 e. The highest BCUT2D eigenvalue weighted by Crippen LogP contribution is 2.23. The van der Waals surface area contributed by atoms with Gasteiger partial charge in [-0.1, -0.05) is 29.3 Å². The molecule has 0 aromatic heterocycles. The van der Waals surface area contributed by atoms with Gasteiger partial charge in [-0.2, -0.15) is 0 Å². The van der Waals surface area contributed by atoms with Crippen LogP contribution >= 0.6 is 23.2 Å². The van der Waals surface area contributed by atoms with E-state index in [-0.39, 0.29) is 5.75 Å². The van der Waals surface area contributed by atoms with E-state index in [0.29, 0.717) is 15.6 Å². The lowest BCUT2D eigenvalue weighted by Crippen LogP contribution is -1.84. The number of aliphatic imine (C=N–C) groups is 1. The summed E-state index contributed by atoms with van der Waals surface area (Å²) in [5.41, 5.74) is 1.41. The van der Waals surface area contributed by atoms with Gasteiger partial charge in [0.15, 0.2) is 0 Å². The Bertz CT molecular complexity index is 530. The fourth-order valence-electron chi connectivity index (χ4n) is 1.31. The topological polar surface area (TPSA) is 32.6 Å². The van der Waals surface area contributed by atoms with Crippen molar-refractivity contribution in [3.63, 3.8) is 0 Å². The van der Waals surface area contributed by atoms with E-state index in [9.17, 15) is 0 Å². The Kier molecular flexibility index (Phi) is 3.67. The fourth-order valence-corrected chi connectivity index (χ4v) is 1.81. The summed E-state index contributed by atoms with van der Waals surface area (Å²) in [6.45, 7) is 0. The maximum Gasteiger partial charge on any atom is 0.115 e. The highest BCUT2D eigenvalue weighted by Gasteiger charge is 2.01. The molecule has 0 spiro atoms. The summed E-state index contributed by atoms with van der Waals surface area (Å²) in [6.07, 6.45) is 1.61. The number of phenols is 1. The first kappa shape index (κ1) is 12.0. The van der Waals surface area contributed by atoms with Crippen LogP contribution in [0.15, 0.2) is 47.5 Å². The van der Waals surface area contributed by atoms with Gasteiger partial charge < -0.3 is 5.11 Å². The lowest BCUT2D eigenvalue weighted by atomic mass is 10.2. The van der Waals surface area contributed by atoms with Gasteiger partial charge in [-0.25, -0.2) is 0 Å². The molecule has 0 fully saturated rings. The molecule has 0 aliphatic carbocycles. The molecule has 17 heavy (non-hydrogen) atoms. The third-order valence-corrected chi connectivity index (χ3v) is 2.85. The van der Waals surface area contributed by atoms with E-state index in [4.69, 9.17) is 28.3 Å². The first-order chi connectivity index (χ1) is 8.16. The summed E-state index contributed by atoms with van der Waals surface area (Å²) in [6, 6.07) is 11.8. The number of benzene rings is 2. The molecule has 0 saturated heterocycles. The van der Waals surface area contributed by atoms with Crippen LogP contribution in [0.4, 0.5) is 5.69 Å². The number of rotatable bonds is 2. The first-order valence-electron chi connectivity index (χ1n) is 4.94. The standard InChI is InChI=1S/C13H9Cl2NO/c14-12-2-1-3-13(15)11(12)8-16-9-4-6-10(17)7-5-9/h1-8,17H. The van der Waals surface area contributed by atoms with E-state index in [1.165, 1.54) is 0 Å². The first-order valence-corrected chi connectivity index (χ1v) is 5.69. The van der Waals surface area contributed by atoms with Crippen molar-refractivity contribution < 1.29 is 5.11 Å². The molecule has 0 radical (unpaired) electrons. The summed E-state index contributed by atoms with van der Waals surface area (Å²) in [5.74, 6) is 0.208. The molecule has 0 amide bonds. The van der Waals surface area contributed by atoms with Crippen LogP contribution in [-0.2, 0) is 0 Å². The molecule has 2 aromatic carbocycles. The maximum atomic E-state index is 9.14. The average Bonchev–Trinajstić information content (AvgIpc) is 2.31. The molecule has 0 unspecified atom stereocenters. The third-order valence-electron chi connectivity index (χ3n) is 2.19. The lowest BCUT2D eigenvalue weighted by molar-refractivity contribution is 0.475. The van der Waals surface area contributed by atoms with Crippen LogP contribution in [0.5, 0.6) is 5.75 Å². The van der Waals surface area contributed by atoms with Gasteiger partial charge in [-0.15, -0.1) is 0 Å². The van der Waals surface area contributed by atoms with Crippen molar-refractivity contribution >= 4 is 35.1 Å². The zero-order valence-electron chi connectivity index (χ0n) is 8.77. The van der Waals surface area contributed by atoms with Crippen LogP contribution in [-0.4, -0.2) is 11.3 Å². The molecule has 0 bridgehead atoms. The Morgan fingerprint density at radius 2 is 1.53 bits per heavy atom. The number of aromatic hydroxyl groups is 1. The molecule has 4 heteroatoms. The maximum absolute atomic E-state index is 9.14. The quantitative estimate of drug-likeness (QED) is 0.800. The molecular weight excluding hydrogens is 257 g/mol. The van der Waals surface area contributed by atoms with Crippen molar-refractivity contribution in [1.29, 1.82) is 0 Å². The van der Waals surface area contributed by atoms with E-state index >= 15 is 0 Å². The minimum Gasteiger partial charge on any atom is -0.508 e. The van der Waals surface area contributed by atoms with Crippen LogP contribution in [0.3, 0.4) is 0 Å². The van der Waals surface area contributed by atoms with Crippen molar-refractivity contribution in [2.24, 2.45) is 4.99 Å². The molecular formula is C13H9Cl2NO. The van der Waals surface area contributed by atoms with Crippen molar-refractivity contribution in [3.05, 3.63) is 58.1 Å². The summed E-state index contributed by atoms with van der Waals surface area (Å²) in [4.78, 5) is 4.23. The van der Waals surface area contributed by atoms with E-state index in [1.54, 1.807) is 48.7 Å². The molecule has 2 rings (SSSR count). The average molecular weight is 266 g/mol. The van der Waals surface area contributed by atoms with Crippen LogP contribution in [0, 0.1) is 0 Å². The summed E-state index contributed by atoms with van der Waals surface area (Å²) >= 11 is 12.0. The van der Waals surface area contributed by atoms with Gasteiger partial charge in [0.2, 0.25) is 0 Å². The van der Waals surface area contributed by atoms with Crippen LogP contribution in [0.1, 0.15) is 5.56 Å². The van der Waals surface area contributed by atoms with E-state index in [0.717, 1.165) is 5.69 Å². The van der Waals surface area contributed by atoms with E-state index in [2.05, 4.69) is 4.99 Å². The monoisotopic (exact) mass is 265 g/mol. The molecule has 86 valence electrons. The summed E-state index contributed by atoms with van der Waals surface area (Å²) in [5, 5.41) is 10.2. The van der Waals surface area contributed by atoms with Gasteiger partial charge in [0.25, 0.3) is 0 Å². The second-order valence-corrected chi connectivity index (χ2v) is 4.22. The second-order valence-electron chi connectivity index (χ2n) is 3.41. The summed E-state index contributed by atoms with van der Waals surface area (Å²) in [7, 11) is 0. The lowest BCUT2D eigenvalue weighted by Gasteiger charge is -2.00. The van der Waals surface area contributed by atoms with Gasteiger partial charge in [0.1, 0.15) is 5.75 Å². The van der Waals surface area contributed by atoms with Gasteiger partial charge in [-0.05, 0) is 36.4 Å². The molecule has 1 N–H and O–H groups in total. The Hall–Kier alpha value is -1.51. The highest BCUT2D eigenvalue weighted by molar-refractivity contribution is 6.38. The normalized spacial score (nSPS) is 10.9. The van der Waals surface area contributed by atoms with Crippen molar-refractivity contribution in [3.8, 4) is 5.75 Å². The number of phenolic OH excluding ortho intramolecular Hbond substituents is 1. The summed E-state index contributed by atoms with van der Waals surface area (Å²) < 4.78 is 0. The van der Waals surface area contributed by atoms with E-state index < -0.39 is 0 Å². The third kappa shape index (κ3) is 2.99. The molecule has 0 aliphatic rings. The number of nitrogens with zero attached hydrogens (tertiary/aromatic N) is 1. The highest BCUT2D eigenvalue weighted by atomic mass is 35.5.